The maximum Gasteiger partial charge on any atom is 0.191 e. The van der Waals surface area contributed by atoms with Crippen molar-refractivity contribution in [2.45, 2.75) is 52.5 Å². The number of guanidine groups is 1. The first kappa shape index (κ1) is 16.3. The standard InChI is InChI=1S/C15H32N4/c1-5-19(6-2)12-11-17-15(16-4)18-14-9-7-13(3)8-10-14/h13-14H,5-12H2,1-4H3,(H2,16,17,18). The Labute approximate surface area is 119 Å². The lowest BCUT2D eigenvalue weighted by atomic mass is 9.87. The molecule has 0 amide bonds. The van der Waals surface area contributed by atoms with Crippen molar-refractivity contribution in [3.8, 4) is 0 Å². The molecule has 0 radical (unpaired) electrons. The van der Waals surface area contributed by atoms with Crippen molar-refractivity contribution in [2.24, 2.45) is 10.9 Å². The third-order valence-corrected chi connectivity index (χ3v) is 4.20. The monoisotopic (exact) mass is 268 g/mol. The van der Waals surface area contributed by atoms with E-state index in [9.17, 15) is 0 Å². The van der Waals surface area contributed by atoms with Gasteiger partial charge in [0.15, 0.2) is 5.96 Å². The first-order chi connectivity index (χ1) is 9.19. The Morgan fingerprint density at radius 1 is 1.16 bits per heavy atom. The number of hydrogen-bond acceptors (Lipinski definition) is 2. The van der Waals surface area contributed by atoms with Gasteiger partial charge in [-0.1, -0.05) is 20.8 Å². The van der Waals surface area contributed by atoms with Gasteiger partial charge < -0.3 is 15.5 Å². The van der Waals surface area contributed by atoms with Gasteiger partial charge in [0.25, 0.3) is 0 Å². The Morgan fingerprint density at radius 3 is 2.32 bits per heavy atom. The molecule has 0 aromatic carbocycles. The predicted octanol–water partition coefficient (Wildman–Crippen LogP) is 2.07. The van der Waals surface area contributed by atoms with Gasteiger partial charge in [-0.25, -0.2) is 0 Å². The van der Waals surface area contributed by atoms with Gasteiger partial charge in [0.2, 0.25) is 0 Å². The van der Waals surface area contributed by atoms with Crippen LogP contribution in [0.15, 0.2) is 4.99 Å². The molecule has 4 nitrogen and oxygen atoms in total. The molecule has 0 unspecified atom stereocenters. The molecule has 2 N–H and O–H groups in total. The molecular weight excluding hydrogens is 236 g/mol. The highest BCUT2D eigenvalue weighted by molar-refractivity contribution is 5.79. The zero-order valence-electron chi connectivity index (χ0n) is 13.2. The average Bonchev–Trinajstić information content (AvgIpc) is 2.44. The van der Waals surface area contributed by atoms with Crippen LogP contribution in [0.2, 0.25) is 0 Å². The smallest absolute Gasteiger partial charge is 0.191 e. The molecule has 1 aliphatic carbocycles. The zero-order valence-corrected chi connectivity index (χ0v) is 13.2. The van der Waals surface area contributed by atoms with E-state index in [1.54, 1.807) is 0 Å². The fourth-order valence-corrected chi connectivity index (χ4v) is 2.66. The van der Waals surface area contributed by atoms with Crippen molar-refractivity contribution in [1.29, 1.82) is 0 Å². The van der Waals surface area contributed by atoms with Crippen LogP contribution < -0.4 is 10.6 Å². The van der Waals surface area contributed by atoms with Crippen molar-refractivity contribution in [3.63, 3.8) is 0 Å². The van der Waals surface area contributed by atoms with E-state index in [1.807, 2.05) is 7.05 Å². The molecule has 0 aromatic heterocycles. The summed E-state index contributed by atoms with van der Waals surface area (Å²) in [5, 5.41) is 6.98. The first-order valence-electron chi connectivity index (χ1n) is 7.89. The Kier molecular flexibility index (Phi) is 7.87. The zero-order chi connectivity index (χ0) is 14.1. The van der Waals surface area contributed by atoms with Gasteiger partial charge in [-0.3, -0.25) is 4.99 Å². The van der Waals surface area contributed by atoms with Crippen molar-refractivity contribution in [3.05, 3.63) is 0 Å². The average molecular weight is 268 g/mol. The molecule has 1 rings (SSSR count). The van der Waals surface area contributed by atoms with Crippen LogP contribution in [-0.4, -0.2) is 50.1 Å². The molecule has 0 saturated heterocycles. The van der Waals surface area contributed by atoms with E-state index in [4.69, 9.17) is 0 Å². The van der Waals surface area contributed by atoms with Crippen LogP contribution in [0.5, 0.6) is 0 Å². The molecule has 0 bridgehead atoms. The minimum absolute atomic E-state index is 0.607. The normalized spacial score (nSPS) is 24.6. The van der Waals surface area contributed by atoms with E-state index >= 15 is 0 Å². The van der Waals surface area contributed by atoms with Crippen LogP contribution in [-0.2, 0) is 0 Å². The molecule has 0 heterocycles. The maximum atomic E-state index is 4.33. The lowest BCUT2D eigenvalue weighted by molar-refractivity contribution is 0.306. The fraction of sp³-hybridized carbons (Fsp3) is 0.933. The number of nitrogens with zero attached hydrogens (tertiary/aromatic N) is 2. The van der Waals surface area contributed by atoms with Crippen LogP contribution in [0.4, 0.5) is 0 Å². The molecule has 0 spiro atoms. The molecule has 1 fully saturated rings. The number of likely N-dealkylation sites (N-methyl/N-ethyl adjacent to an activating group) is 1. The Morgan fingerprint density at radius 2 is 1.79 bits per heavy atom. The highest BCUT2D eigenvalue weighted by Gasteiger charge is 2.18. The summed E-state index contributed by atoms with van der Waals surface area (Å²) >= 11 is 0. The quantitative estimate of drug-likeness (QED) is 0.572. The largest absolute Gasteiger partial charge is 0.355 e. The second-order valence-corrected chi connectivity index (χ2v) is 5.63. The van der Waals surface area contributed by atoms with Crippen LogP contribution in [0.25, 0.3) is 0 Å². The van der Waals surface area contributed by atoms with Crippen LogP contribution in [0.1, 0.15) is 46.5 Å². The van der Waals surface area contributed by atoms with Gasteiger partial charge in [0, 0.05) is 26.2 Å². The second kappa shape index (κ2) is 9.18. The third-order valence-electron chi connectivity index (χ3n) is 4.20. The van der Waals surface area contributed by atoms with Crippen molar-refractivity contribution < 1.29 is 0 Å². The summed E-state index contributed by atoms with van der Waals surface area (Å²) in [6.07, 6.45) is 5.23. The number of nitrogens with one attached hydrogen (secondary N) is 2. The van der Waals surface area contributed by atoms with E-state index in [1.165, 1.54) is 25.7 Å². The van der Waals surface area contributed by atoms with Crippen LogP contribution in [0.3, 0.4) is 0 Å². The molecular formula is C15H32N4. The van der Waals surface area contributed by atoms with Gasteiger partial charge in [0.1, 0.15) is 0 Å². The van der Waals surface area contributed by atoms with Crippen LogP contribution >= 0.6 is 0 Å². The summed E-state index contributed by atoms with van der Waals surface area (Å²) in [6.45, 7) is 11.0. The third kappa shape index (κ3) is 6.28. The molecule has 1 saturated carbocycles. The SMILES string of the molecule is CCN(CC)CCNC(=NC)NC1CCC(C)CC1. The lowest BCUT2D eigenvalue weighted by Crippen LogP contribution is -2.46. The number of aliphatic imine (C=N–C) groups is 1. The topological polar surface area (TPSA) is 39.7 Å². The molecule has 4 heteroatoms. The Balaban J connectivity index is 2.23. The summed E-state index contributed by atoms with van der Waals surface area (Å²) in [4.78, 5) is 6.74. The molecule has 0 aliphatic heterocycles. The summed E-state index contributed by atoms with van der Waals surface area (Å²) in [7, 11) is 1.86. The van der Waals surface area contributed by atoms with Gasteiger partial charge in [-0.2, -0.15) is 0 Å². The molecule has 19 heavy (non-hydrogen) atoms. The van der Waals surface area contributed by atoms with Crippen molar-refractivity contribution in [1.82, 2.24) is 15.5 Å². The van der Waals surface area contributed by atoms with E-state index in [0.29, 0.717) is 6.04 Å². The Bertz CT molecular complexity index is 253. The lowest BCUT2D eigenvalue weighted by Gasteiger charge is -2.28. The predicted molar refractivity (Wildman–Crippen MR) is 83.7 cm³/mol. The maximum absolute atomic E-state index is 4.33. The highest BCUT2D eigenvalue weighted by Crippen LogP contribution is 2.23. The molecule has 112 valence electrons. The van der Waals surface area contributed by atoms with Crippen LogP contribution in [0, 0.1) is 5.92 Å². The minimum Gasteiger partial charge on any atom is -0.355 e. The molecule has 0 atom stereocenters. The second-order valence-electron chi connectivity index (χ2n) is 5.63. The molecule has 0 aromatic rings. The molecule has 1 aliphatic rings. The van der Waals surface area contributed by atoms with Gasteiger partial charge in [-0.05, 0) is 44.7 Å². The van der Waals surface area contributed by atoms with Crippen molar-refractivity contribution >= 4 is 5.96 Å². The number of hydrogen-bond donors (Lipinski definition) is 2. The van der Waals surface area contributed by atoms with E-state index in [-0.39, 0.29) is 0 Å². The van der Waals surface area contributed by atoms with E-state index in [2.05, 4.69) is 41.3 Å². The van der Waals surface area contributed by atoms with E-state index < -0.39 is 0 Å². The summed E-state index contributed by atoms with van der Waals surface area (Å²) in [5.41, 5.74) is 0. The fourth-order valence-electron chi connectivity index (χ4n) is 2.66. The Hall–Kier alpha value is -0.770. The number of rotatable bonds is 6. The van der Waals surface area contributed by atoms with Gasteiger partial charge in [-0.15, -0.1) is 0 Å². The highest BCUT2D eigenvalue weighted by atomic mass is 15.2. The van der Waals surface area contributed by atoms with Gasteiger partial charge in [0.05, 0.1) is 0 Å². The minimum atomic E-state index is 0.607. The van der Waals surface area contributed by atoms with E-state index in [0.717, 1.165) is 38.1 Å². The summed E-state index contributed by atoms with van der Waals surface area (Å²) in [6, 6.07) is 0.607. The van der Waals surface area contributed by atoms with Crippen molar-refractivity contribution in [2.75, 3.05) is 33.2 Å². The first-order valence-corrected chi connectivity index (χ1v) is 7.89. The summed E-state index contributed by atoms with van der Waals surface area (Å²) < 4.78 is 0. The van der Waals surface area contributed by atoms with Gasteiger partial charge >= 0.3 is 0 Å². The summed E-state index contributed by atoms with van der Waals surface area (Å²) in [5.74, 6) is 1.86.